The second kappa shape index (κ2) is 2.51. The highest BCUT2D eigenvalue weighted by Gasteiger charge is 2.70. The maximum Gasteiger partial charge on any atom is 0.0979 e. The zero-order valence-corrected chi connectivity index (χ0v) is 9.70. The number of rotatable bonds is 0. The lowest BCUT2D eigenvalue weighted by Gasteiger charge is -2.37. The maximum atomic E-state index is 5.95. The van der Waals surface area contributed by atoms with Crippen LogP contribution in [0.4, 0.5) is 0 Å². The van der Waals surface area contributed by atoms with E-state index in [1.807, 2.05) is 0 Å². The number of ether oxygens (including phenoxy) is 1. The molecule has 0 aromatic rings. The van der Waals surface area contributed by atoms with Gasteiger partial charge in [0.15, 0.2) is 0 Å². The van der Waals surface area contributed by atoms with E-state index in [-0.39, 0.29) is 0 Å². The van der Waals surface area contributed by atoms with Crippen LogP contribution in [0, 0.1) is 23.7 Å². The molecule has 2 saturated carbocycles. The molecule has 82 valence electrons. The van der Waals surface area contributed by atoms with Gasteiger partial charge in [-0.1, -0.05) is 11.6 Å². The van der Waals surface area contributed by atoms with Crippen LogP contribution in [0.1, 0.15) is 39.5 Å². The van der Waals surface area contributed by atoms with E-state index in [2.05, 4.69) is 19.9 Å². The van der Waals surface area contributed by atoms with Crippen LogP contribution in [0.2, 0.25) is 0 Å². The van der Waals surface area contributed by atoms with E-state index in [1.165, 1.54) is 25.7 Å². The summed E-state index contributed by atoms with van der Waals surface area (Å²) in [6.07, 6.45) is 8.64. The van der Waals surface area contributed by atoms with E-state index in [9.17, 15) is 0 Å². The van der Waals surface area contributed by atoms with Crippen LogP contribution >= 0.6 is 0 Å². The van der Waals surface area contributed by atoms with Crippen molar-refractivity contribution in [2.24, 2.45) is 23.7 Å². The first kappa shape index (κ1) is 8.81. The molecule has 1 heteroatoms. The van der Waals surface area contributed by atoms with Gasteiger partial charge in [-0.2, -0.15) is 0 Å². The van der Waals surface area contributed by atoms with Gasteiger partial charge in [0.2, 0.25) is 0 Å². The topological polar surface area (TPSA) is 12.5 Å². The summed E-state index contributed by atoms with van der Waals surface area (Å²) in [5, 5.41) is 0. The third-order valence-electron chi connectivity index (χ3n) is 5.76. The van der Waals surface area contributed by atoms with Crippen LogP contribution in [0.15, 0.2) is 11.6 Å². The Bertz CT molecular complexity index is 345. The van der Waals surface area contributed by atoms with Crippen LogP contribution in [-0.2, 0) is 4.74 Å². The minimum Gasteiger partial charge on any atom is -0.366 e. The van der Waals surface area contributed by atoms with Gasteiger partial charge in [-0.3, -0.25) is 0 Å². The first-order valence-corrected chi connectivity index (χ1v) is 6.54. The van der Waals surface area contributed by atoms with Crippen molar-refractivity contribution in [3.8, 4) is 0 Å². The highest BCUT2D eigenvalue weighted by molar-refractivity contribution is 5.22. The van der Waals surface area contributed by atoms with E-state index in [0.717, 1.165) is 23.7 Å². The summed E-state index contributed by atoms with van der Waals surface area (Å²) in [7, 11) is 0. The molecule has 3 aliphatic carbocycles. The van der Waals surface area contributed by atoms with Gasteiger partial charge in [0, 0.05) is 0 Å². The molecule has 0 aromatic heterocycles. The van der Waals surface area contributed by atoms with E-state index >= 15 is 0 Å². The third kappa shape index (κ3) is 0.939. The van der Waals surface area contributed by atoms with Crippen molar-refractivity contribution < 1.29 is 4.74 Å². The minimum absolute atomic E-state index is 0.366. The minimum atomic E-state index is 0.366. The van der Waals surface area contributed by atoms with Gasteiger partial charge in [-0.25, -0.2) is 0 Å². The fourth-order valence-corrected chi connectivity index (χ4v) is 5.03. The fraction of sp³-hybridized carbons (Fsp3) is 0.857. The summed E-state index contributed by atoms with van der Waals surface area (Å²) in [4.78, 5) is 0. The molecule has 0 N–H and O–H groups in total. The molecule has 4 aliphatic rings. The number of epoxide rings is 1. The molecule has 15 heavy (non-hydrogen) atoms. The van der Waals surface area contributed by atoms with Gasteiger partial charge in [0.1, 0.15) is 0 Å². The molecule has 6 atom stereocenters. The van der Waals surface area contributed by atoms with E-state index in [1.54, 1.807) is 5.57 Å². The molecule has 2 bridgehead atoms. The number of hydrogen-bond donors (Lipinski definition) is 0. The van der Waals surface area contributed by atoms with Crippen molar-refractivity contribution in [1.82, 2.24) is 0 Å². The Hall–Kier alpha value is -0.300. The highest BCUT2D eigenvalue weighted by atomic mass is 16.6. The van der Waals surface area contributed by atoms with Crippen molar-refractivity contribution in [2.45, 2.75) is 51.2 Å². The summed E-state index contributed by atoms with van der Waals surface area (Å²) in [5.41, 5.74) is 2.01. The van der Waals surface area contributed by atoms with Crippen molar-refractivity contribution in [3.63, 3.8) is 0 Å². The number of fused-ring (bicyclic) bond motifs is 6. The third-order valence-corrected chi connectivity index (χ3v) is 5.76. The Balaban J connectivity index is 1.67. The lowest BCUT2D eigenvalue weighted by atomic mass is 9.67. The number of allylic oxidation sites excluding steroid dienone is 2. The predicted octanol–water partition coefficient (Wildman–Crippen LogP) is 3.16. The predicted molar refractivity (Wildman–Crippen MR) is 59.5 cm³/mol. The largest absolute Gasteiger partial charge is 0.366 e. The van der Waals surface area contributed by atoms with Gasteiger partial charge < -0.3 is 4.74 Å². The van der Waals surface area contributed by atoms with Crippen molar-refractivity contribution >= 4 is 0 Å². The quantitative estimate of drug-likeness (QED) is 0.436. The zero-order chi connectivity index (χ0) is 10.2. The maximum absolute atomic E-state index is 5.95. The van der Waals surface area contributed by atoms with Crippen molar-refractivity contribution in [1.29, 1.82) is 0 Å². The molecule has 1 heterocycles. The smallest absolute Gasteiger partial charge is 0.0979 e. The average molecular weight is 204 g/mol. The Kier molecular flexibility index (Phi) is 1.47. The first-order chi connectivity index (χ1) is 7.21. The Labute approximate surface area is 91.9 Å². The molecule has 1 spiro atoms. The monoisotopic (exact) mass is 204 g/mol. The molecule has 0 amide bonds. The normalized spacial score (nSPS) is 60.7. The SMILES string of the molecule is CC1=CC[C@@H]2[C@H](C1)[C@H]1C[C@H]2[C@]2(C1)O[C@H]2C. The van der Waals surface area contributed by atoms with Crippen molar-refractivity contribution in [3.05, 3.63) is 11.6 Å². The lowest BCUT2D eigenvalue weighted by molar-refractivity contribution is 0.114. The summed E-state index contributed by atoms with van der Waals surface area (Å²) in [6, 6.07) is 0. The standard InChI is InChI=1S/C14H20O/c1-8-3-4-11-12(5-8)10-6-13(11)14(7-10)9(2)15-14/h3,9-13H,4-7H2,1-2H3/t9-,10-,11+,12+,13+,14+/m0/s1. The zero-order valence-electron chi connectivity index (χ0n) is 9.70. The van der Waals surface area contributed by atoms with Crippen LogP contribution < -0.4 is 0 Å². The molecule has 0 radical (unpaired) electrons. The second-order valence-electron chi connectivity index (χ2n) is 6.34. The summed E-state index contributed by atoms with van der Waals surface area (Å²) >= 11 is 0. The van der Waals surface area contributed by atoms with Gasteiger partial charge in [0.05, 0.1) is 11.7 Å². The number of hydrogen-bond acceptors (Lipinski definition) is 1. The summed E-state index contributed by atoms with van der Waals surface area (Å²) < 4.78 is 5.95. The molecule has 3 fully saturated rings. The summed E-state index contributed by atoms with van der Waals surface area (Å²) in [5.74, 6) is 3.89. The van der Waals surface area contributed by atoms with Gasteiger partial charge >= 0.3 is 0 Å². The van der Waals surface area contributed by atoms with Crippen LogP contribution in [0.5, 0.6) is 0 Å². The Morgan fingerprint density at radius 3 is 2.93 bits per heavy atom. The lowest BCUT2D eigenvalue weighted by Crippen LogP contribution is -2.36. The van der Waals surface area contributed by atoms with E-state index < -0.39 is 0 Å². The summed E-state index contributed by atoms with van der Waals surface area (Å²) in [6.45, 7) is 4.59. The van der Waals surface area contributed by atoms with Crippen LogP contribution in [-0.4, -0.2) is 11.7 Å². The molecule has 0 unspecified atom stereocenters. The van der Waals surface area contributed by atoms with Crippen molar-refractivity contribution in [2.75, 3.05) is 0 Å². The molecule has 1 aliphatic heterocycles. The Morgan fingerprint density at radius 1 is 1.40 bits per heavy atom. The molecule has 1 saturated heterocycles. The fourth-order valence-electron chi connectivity index (χ4n) is 5.03. The molecule has 0 aromatic carbocycles. The molecular weight excluding hydrogens is 184 g/mol. The van der Waals surface area contributed by atoms with Crippen LogP contribution in [0.25, 0.3) is 0 Å². The van der Waals surface area contributed by atoms with E-state index in [4.69, 9.17) is 4.74 Å². The van der Waals surface area contributed by atoms with E-state index in [0.29, 0.717) is 11.7 Å². The Morgan fingerprint density at radius 2 is 2.20 bits per heavy atom. The molecule has 1 nitrogen and oxygen atoms in total. The second-order valence-corrected chi connectivity index (χ2v) is 6.34. The molecular formula is C14H20O. The first-order valence-electron chi connectivity index (χ1n) is 6.54. The highest BCUT2D eigenvalue weighted by Crippen LogP contribution is 2.68. The van der Waals surface area contributed by atoms with Gasteiger partial charge in [-0.15, -0.1) is 0 Å². The van der Waals surface area contributed by atoms with Gasteiger partial charge in [0.25, 0.3) is 0 Å². The van der Waals surface area contributed by atoms with Crippen LogP contribution in [0.3, 0.4) is 0 Å². The molecule has 4 rings (SSSR count). The average Bonchev–Trinajstić information content (AvgIpc) is 2.61. The van der Waals surface area contributed by atoms with Gasteiger partial charge in [-0.05, 0) is 63.2 Å².